The molecule has 0 amide bonds. The van der Waals surface area contributed by atoms with Crippen molar-refractivity contribution in [2.75, 3.05) is 60.5 Å². The van der Waals surface area contributed by atoms with Crippen LogP contribution in [0.15, 0.2) is 0 Å². The molecule has 0 rings (SSSR count). The van der Waals surface area contributed by atoms with Crippen LogP contribution < -0.4 is 0 Å². The molecule has 0 aromatic carbocycles. The van der Waals surface area contributed by atoms with E-state index in [1.54, 1.807) is 0 Å². The highest BCUT2D eigenvalue weighted by Gasteiger charge is 2.26. The summed E-state index contributed by atoms with van der Waals surface area (Å²) in [4.78, 5) is 0. The fourth-order valence-electron chi connectivity index (χ4n) is 1.03. The van der Waals surface area contributed by atoms with Crippen molar-refractivity contribution in [2.45, 2.75) is 13.3 Å². The SMILES string of the molecule is CCCOCCOP(=O)(OCCOC)OCCOC. The minimum Gasteiger partial charge on any atom is -0.382 e. The van der Waals surface area contributed by atoms with Crippen LogP contribution in [0.5, 0.6) is 0 Å². The van der Waals surface area contributed by atoms with E-state index in [0.717, 1.165) is 6.42 Å². The van der Waals surface area contributed by atoms with Gasteiger partial charge in [0.15, 0.2) is 0 Å². The molecule has 0 aromatic rings. The average Bonchev–Trinajstić information content (AvgIpc) is 2.39. The van der Waals surface area contributed by atoms with Crippen LogP contribution in [0.3, 0.4) is 0 Å². The second-order valence-corrected chi connectivity index (χ2v) is 5.21. The van der Waals surface area contributed by atoms with Gasteiger partial charge in [-0.2, -0.15) is 0 Å². The lowest BCUT2D eigenvalue weighted by Gasteiger charge is -2.17. The Labute approximate surface area is 115 Å². The fraction of sp³-hybridized carbons (Fsp3) is 1.00. The molecule has 0 aliphatic heterocycles. The van der Waals surface area contributed by atoms with E-state index < -0.39 is 7.82 Å². The van der Waals surface area contributed by atoms with Gasteiger partial charge >= 0.3 is 7.82 Å². The van der Waals surface area contributed by atoms with Crippen molar-refractivity contribution in [1.29, 1.82) is 0 Å². The summed E-state index contributed by atoms with van der Waals surface area (Å²) in [7, 11) is -0.513. The Morgan fingerprint density at radius 2 is 1.21 bits per heavy atom. The molecule has 0 spiro atoms. The van der Waals surface area contributed by atoms with Crippen molar-refractivity contribution in [3.8, 4) is 0 Å². The van der Waals surface area contributed by atoms with Crippen molar-refractivity contribution < 1.29 is 32.3 Å². The maximum Gasteiger partial charge on any atom is 0.475 e. The van der Waals surface area contributed by atoms with Gasteiger partial charge < -0.3 is 14.2 Å². The lowest BCUT2D eigenvalue weighted by Crippen LogP contribution is -2.11. The fourth-order valence-corrected chi connectivity index (χ4v) is 2.15. The molecular formula is C11H25O7P. The Kier molecular flexibility index (Phi) is 13.0. The highest BCUT2D eigenvalue weighted by molar-refractivity contribution is 7.48. The van der Waals surface area contributed by atoms with Gasteiger partial charge in [0, 0.05) is 20.8 Å². The normalized spacial score (nSPS) is 11.9. The van der Waals surface area contributed by atoms with Crippen LogP contribution in [0.25, 0.3) is 0 Å². The summed E-state index contributed by atoms with van der Waals surface area (Å²) < 4.78 is 42.4. The van der Waals surface area contributed by atoms with E-state index in [2.05, 4.69) is 0 Å². The lowest BCUT2D eigenvalue weighted by molar-refractivity contribution is 0.0457. The molecule has 8 heteroatoms. The van der Waals surface area contributed by atoms with E-state index in [1.165, 1.54) is 14.2 Å². The highest BCUT2D eigenvalue weighted by Crippen LogP contribution is 2.49. The summed E-state index contributed by atoms with van der Waals surface area (Å²) in [6.07, 6.45) is 0.923. The molecule has 0 bridgehead atoms. The molecule has 0 aliphatic rings. The van der Waals surface area contributed by atoms with E-state index >= 15 is 0 Å². The first-order chi connectivity index (χ1) is 9.18. The molecule has 116 valence electrons. The van der Waals surface area contributed by atoms with E-state index in [-0.39, 0.29) is 19.8 Å². The van der Waals surface area contributed by atoms with Crippen molar-refractivity contribution >= 4 is 7.82 Å². The van der Waals surface area contributed by atoms with E-state index in [1.807, 2.05) is 6.92 Å². The molecule has 0 heterocycles. The first-order valence-corrected chi connectivity index (χ1v) is 7.74. The first-order valence-electron chi connectivity index (χ1n) is 6.27. The predicted molar refractivity (Wildman–Crippen MR) is 70.3 cm³/mol. The summed E-state index contributed by atoms with van der Waals surface area (Å²) in [6.45, 7) is 4.04. The van der Waals surface area contributed by atoms with Gasteiger partial charge in [-0.25, -0.2) is 4.57 Å². The topological polar surface area (TPSA) is 72.5 Å². The lowest BCUT2D eigenvalue weighted by atomic mass is 10.5. The molecule has 0 N–H and O–H groups in total. The van der Waals surface area contributed by atoms with Crippen LogP contribution in [0.2, 0.25) is 0 Å². The van der Waals surface area contributed by atoms with Gasteiger partial charge in [-0.1, -0.05) is 6.92 Å². The molecule has 0 saturated carbocycles. The Hall–Kier alpha value is -0.0100. The number of phosphoric ester groups is 1. The number of phosphoric acid groups is 1. The first kappa shape index (κ1) is 19.0. The molecule has 0 fully saturated rings. The largest absolute Gasteiger partial charge is 0.475 e. The summed E-state index contributed by atoms with van der Waals surface area (Å²) in [5, 5.41) is 0. The monoisotopic (exact) mass is 300 g/mol. The third-order valence-electron chi connectivity index (χ3n) is 1.90. The van der Waals surface area contributed by atoms with Crippen LogP contribution in [-0.4, -0.2) is 60.5 Å². The number of methoxy groups -OCH3 is 2. The van der Waals surface area contributed by atoms with Crippen LogP contribution in [0.1, 0.15) is 13.3 Å². The van der Waals surface area contributed by atoms with E-state index in [4.69, 9.17) is 27.8 Å². The van der Waals surface area contributed by atoms with Crippen molar-refractivity contribution in [3.05, 3.63) is 0 Å². The van der Waals surface area contributed by atoms with E-state index in [0.29, 0.717) is 26.4 Å². The molecule has 7 nitrogen and oxygen atoms in total. The van der Waals surface area contributed by atoms with Gasteiger partial charge in [0.1, 0.15) is 0 Å². The minimum atomic E-state index is -3.57. The molecule has 0 aromatic heterocycles. The van der Waals surface area contributed by atoms with Gasteiger partial charge in [0.2, 0.25) is 0 Å². The zero-order valence-corrected chi connectivity index (χ0v) is 12.9. The van der Waals surface area contributed by atoms with Crippen molar-refractivity contribution in [3.63, 3.8) is 0 Å². The third-order valence-corrected chi connectivity index (χ3v) is 3.40. The van der Waals surface area contributed by atoms with Gasteiger partial charge in [-0.15, -0.1) is 0 Å². The predicted octanol–water partition coefficient (Wildman–Crippen LogP) is 1.86. The molecular weight excluding hydrogens is 275 g/mol. The van der Waals surface area contributed by atoms with Crippen LogP contribution in [0.4, 0.5) is 0 Å². The maximum absolute atomic E-state index is 12.2. The van der Waals surface area contributed by atoms with Crippen LogP contribution in [0, 0.1) is 0 Å². The van der Waals surface area contributed by atoms with Gasteiger partial charge in [-0.05, 0) is 6.42 Å². The minimum absolute atomic E-state index is 0.135. The van der Waals surface area contributed by atoms with Gasteiger partial charge in [0.25, 0.3) is 0 Å². The van der Waals surface area contributed by atoms with Crippen molar-refractivity contribution in [2.24, 2.45) is 0 Å². The Morgan fingerprint density at radius 3 is 1.63 bits per heavy atom. The summed E-state index contributed by atoms with van der Waals surface area (Å²) in [5.41, 5.74) is 0. The molecule has 0 saturated heterocycles. The van der Waals surface area contributed by atoms with Gasteiger partial charge in [-0.3, -0.25) is 13.6 Å². The zero-order valence-electron chi connectivity index (χ0n) is 12.0. The summed E-state index contributed by atoms with van der Waals surface area (Å²) in [6, 6.07) is 0. The van der Waals surface area contributed by atoms with Crippen LogP contribution >= 0.6 is 7.82 Å². The van der Waals surface area contributed by atoms with Crippen molar-refractivity contribution in [1.82, 2.24) is 0 Å². The Balaban J connectivity index is 3.97. The van der Waals surface area contributed by atoms with Crippen LogP contribution in [-0.2, 0) is 32.3 Å². The smallest absolute Gasteiger partial charge is 0.382 e. The summed E-state index contributed by atoms with van der Waals surface area (Å²) >= 11 is 0. The molecule has 0 unspecified atom stereocenters. The van der Waals surface area contributed by atoms with Gasteiger partial charge in [0.05, 0.1) is 39.6 Å². The maximum atomic E-state index is 12.2. The quantitative estimate of drug-likeness (QED) is 0.358. The third kappa shape index (κ3) is 11.5. The second kappa shape index (κ2) is 13.0. The Bertz CT molecular complexity index is 223. The molecule has 19 heavy (non-hydrogen) atoms. The number of hydrogen-bond acceptors (Lipinski definition) is 7. The molecule has 0 aliphatic carbocycles. The molecule has 0 atom stereocenters. The standard InChI is InChI=1S/C11H25O7P/c1-4-5-15-8-11-18-19(12,16-9-6-13-2)17-10-7-14-3/h4-11H2,1-3H3. The zero-order chi connectivity index (χ0) is 14.4. The number of ether oxygens (including phenoxy) is 3. The Morgan fingerprint density at radius 1 is 0.737 bits per heavy atom. The summed E-state index contributed by atoms with van der Waals surface area (Å²) in [5.74, 6) is 0. The number of hydrogen-bond donors (Lipinski definition) is 0. The number of rotatable bonds is 14. The second-order valence-electron chi connectivity index (χ2n) is 3.54. The highest BCUT2D eigenvalue weighted by atomic mass is 31.2. The average molecular weight is 300 g/mol. The molecule has 0 radical (unpaired) electrons. The van der Waals surface area contributed by atoms with E-state index in [9.17, 15) is 4.57 Å².